The second-order valence-electron chi connectivity index (χ2n) is 4.57. The SMILES string of the molecule is CC(Nc1ccc(O)cc1[N+](=O)[O-])c1cc(O)ccc1O. The van der Waals surface area contributed by atoms with Crippen LogP contribution in [0.2, 0.25) is 0 Å². The maximum absolute atomic E-state index is 11.0. The number of rotatable bonds is 4. The molecule has 0 fully saturated rings. The minimum atomic E-state index is -0.614. The lowest BCUT2D eigenvalue weighted by molar-refractivity contribution is -0.384. The van der Waals surface area contributed by atoms with Crippen molar-refractivity contribution in [3.8, 4) is 17.2 Å². The Morgan fingerprint density at radius 1 is 1.10 bits per heavy atom. The van der Waals surface area contributed by atoms with Gasteiger partial charge in [-0.25, -0.2) is 0 Å². The molecule has 0 amide bonds. The zero-order chi connectivity index (χ0) is 15.6. The topological polar surface area (TPSA) is 116 Å². The minimum Gasteiger partial charge on any atom is -0.508 e. The fourth-order valence-electron chi connectivity index (χ4n) is 1.99. The average molecular weight is 290 g/mol. The molecular formula is C14H14N2O5. The van der Waals surface area contributed by atoms with E-state index in [0.29, 0.717) is 5.56 Å². The first-order valence-corrected chi connectivity index (χ1v) is 6.14. The second-order valence-corrected chi connectivity index (χ2v) is 4.57. The first-order chi connectivity index (χ1) is 9.88. The molecule has 0 aliphatic heterocycles. The molecular weight excluding hydrogens is 276 g/mol. The van der Waals surface area contributed by atoms with Crippen molar-refractivity contribution in [2.24, 2.45) is 0 Å². The minimum absolute atomic E-state index is 0.0170. The van der Waals surface area contributed by atoms with Gasteiger partial charge in [0.2, 0.25) is 0 Å². The highest BCUT2D eigenvalue weighted by Crippen LogP contribution is 2.34. The molecule has 2 aromatic carbocycles. The molecule has 0 bridgehead atoms. The van der Waals surface area contributed by atoms with Crippen LogP contribution in [0, 0.1) is 10.1 Å². The molecule has 0 spiro atoms. The smallest absolute Gasteiger partial charge is 0.296 e. The van der Waals surface area contributed by atoms with Gasteiger partial charge in [0.1, 0.15) is 22.9 Å². The summed E-state index contributed by atoms with van der Waals surface area (Å²) >= 11 is 0. The largest absolute Gasteiger partial charge is 0.508 e. The summed E-state index contributed by atoms with van der Waals surface area (Å²) in [5.41, 5.74) is 0.326. The Kier molecular flexibility index (Phi) is 3.84. The predicted octanol–water partition coefficient (Wildman–Crippen LogP) is 2.88. The van der Waals surface area contributed by atoms with E-state index in [1.165, 1.54) is 30.3 Å². The molecule has 0 saturated carbocycles. The van der Waals surface area contributed by atoms with E-state index in [-0.39, 0.29) is 28.6 Å². The van der Waals surface area contributed by atoms with Crippen LogP contribution < -0.4 is 5.32 Å². The summed E-state index contributed by atoms with van der Waals surface area (Å²) in [5.74, 6) is -0.258. The Hall–Kier alpha value is -2.96. The van der Waals surface area contributed by atoms with Crippen LogP contribution >= 0.6 is 0 Å². The molecule has 110 valence electrons. The summed E-state index contributed by atoms with van der Waals surface area (Å²) in [4.78, 5) is 10.4. The van der Waals surface area contributed by atoms with E-state index in [4.69, 9.17) is 0 Å². The van der Waals surface area contributed by atoms with Gasteiger partial charge in [-0.3, -0.25) is 10.1 Å². The lowest BCUT2D eigenvalue weighted by Gasteiger charge is -2.17. The van der Waals surface area contributed by atoms with Crippen LogP contribution in [0.1, 0.15) is 18.5 Å². The second kappa shape index (κ2) is 5.58. The quantitative estimate of drug-likeness (QED) is 0.391. The lowest BCUT2D eigenvalue weighted by atomic mass is 10.1. The summed E-state index contributed by atoms with van der Waals surface area (Å²) in [6, 6.07) is 7.31. The fraction of sp³-hybridized carbons (Fsp3) is 0.143. The van der Waals surface area contributed by atoms with Crippen molar-refractivity contribution in [2.45, 2.75) is 13.0 Å². The van der Waals surface area contributed by atoms with Crippen molar-refractivity contribution < 1.29 is 20.2 Å². The molecule has 1 atom stereocenters. The van der Waals surface area contributed by atoms with Gasteiger partial charge in [-0.1, -0.05) is 0 Å². The van der Waals surface area contributed by atoms with E-state index >= 15 is 0 Å². The number of benzene rings is 2. The van der Waals surface area contributed by atoms with Gasteiger partial charge >= 0.3 is 0 Å². The molecule has 0 radical (unpaired) electrons. The van der Waals surface area contributed by atoms with E-state index in [1.54, 1.807) is 6.92 Å². The number of nitrogens with one attached hydrogen (secondary N) is 1. The molecule has 7 nitrogen and oxygen atoms in total. The summed E-state index contributed by atoms with van der Waals surface area (Å²) in [5, 5.41) is 42.4. The van der Waals surface area contributed by atoms with E-state index in [0.717, 1.165) is 6.07 Å². The van der Waals surface area contributed by atoms with Crippen molar-refractivity contribution in [1.29, 1.82) is 0 Å². The number of nitro groups is 1. The third kappa shape index (κ3) is 3.14. The summed E-state index contributed by atoms with van der Waals surface area (Å²) in [6.45, 7) is 1.69. The van der Waals surface area contributed by atoms with E-state index in [2.05, 4.69) is 5.32 Å². The van der Waals surface area contributed by atoms with Crippen molar-refractivity contribution in [3.05, 3.63) is 52.1 Å². The first-order valence-electron chi connectivity index (χ1n) is 6.14. The molecule has 0 heterocycles. The number of anilines is 1. The van der Waals surface area contributed by atoms with Crippen LogP contribution in [-0.4, -0.2) is 20.2 Å². The summed E-state index contributed by atoms with van der Waals surface area (Å²) in [7, 11) is 0. The fourth-order valence-corrected chi connectivity index (χ4v) is 1.99. The van der Waals surface area contributed by atoms with Crippen LogP contribution in [0.5, 0.6) is 17.2 Å². The molecule has 2 aromatic rings. The number of hydrogen-bond acceptors (Lipinski definition) is 6. The Bertz CT molecular complexity index is 687. The molecule has 1 unspecified atom stereocenters. The molecule has 2 rings (SSSR count). The maximum Gasteiger partial charge on any atom is 0.296 e. The molecule has 21 heavy (non-hydrogen) atoms. The lowest BCUT2D eigenvalue weighted by Crippen LogP contribution is -2.08. The van der Waals surface area contributed by atoms with Crippen molar-refractivity contribution in [3.63, 3.8) is 0 Å². The summed E-state index contributed by atoms with van der Waals surface area (Å²) in [6.07, 6.45) is 0. The molecule has 0 aliphatic carbocycles. The summed E-state index contributed by atoms with van der Waals surface area (Å²) < 4.78 is 0. The highest BCUT2D eigenvalue weighted by molar-refractivity contribution is 5.64. The monoisotopic (exact) mass is 290 g/mol. The van der Waals surface area contributed by atoms with Crippen molar-refractivity contribution in [1.82, 2.24) is 0 Å². The molecule has 0 aromatic heterocycles. The van der Waals surface area contributed by atoms with Gasteiger partial charge in [0.25, 0.3) is 5.69 Å². The number of phenols is 3. The Morgan fingerprint density at radius 2 is 1.71 bits per heavy atom. The van der Waals surface area contributed by atoms with Gasteiger partial charge in [-0.05, 0) is 37.3 Å². The Labute approximate surface area is 120 Å². The number of phenolic OH excluding ortho intramolecular Hbond substituents is 3. The van der Waals surface area contributed by atoms with Gasteiger partial charge in [-0.2, -0.15) is 0 Å². The van der Waals surface area contributed by atoms with Crippen LogP contribution in [0.4, 0.5) is 11.4 Å². The van der Waals surface area contributed by atoms with Crippen molar-refractivity contribution in [2.75, 3.05) is 5.32 Å². The zero-order valence-electron chi connectivity index (χ0n) is 11.1. The van der Waals surface area contributed by atoms with Gasteiger partial charge in [0, 0.05) is 5.56 Å². The van der Waals surface area contributed by atoms with E-state index in [1.807, 2.05) is 0 Å². The van der Waals surface area contributed by atoms with Crippen LogP contribution in [0.3, 0.4) is 0 Å². The average Bonchev–Trinajstić information content (AvgIpc) is 2.43. The third-order valence-electron chi connectivity index (χ3n) is 3.03. The standard InChI is InChI=1S/C14H14N2O5/c1-8(11-6-9(17)3-5-14(11)19)15-12-4-2-10(18)7-13(12)16(20)21/h2-8,15,17-19H,1H3. The van der Waals surface area contributed by atoms with Crippen LogP contribution in [0.25, 0.3) is 0 Å². The van der Waals surface area contributed by atoms with Gasteiger partial charge in [-0.15, -0.1) is 0 Å². The number of hydrogen-bond donors (Lipinski definition) is 4. The van der Waals surface area contributed by atoms with Crippen LogP contribution in [0.15, 0.2) is 36.4 Å². The normalized spacial score (nSPS) is 11.9. The third-order valence-corrected chi connectivity index (χ3v) is 3.03. The van der Waals surface area contributed by atoms with Crippen molar-refractivity contribution >= 4 is 11.4 Å². The predicted molar refractivity (Wildman–Crippen MR) is 76.6 cm³/mol. The number of nitro benzene ring substituents is 1. The van der Waals surface area contributed by atoms with Gasteiger partial charge in [0.05, 0.1) is 17.0 Å². The first kappa shape index (κ1) is 14.4. The molecule has 7 heteroatoms. The number of aromatic hydroxyl groups is 3. The highest BCUT2D eigenvalue weighted by Gasteiger charge is 2.18. The maximum atomic E-state index is 11.0. The Morgan fingerprint density at radius 3 is 2.38 bits per heavy atom. The Balaban J connectivity index is 2.33. The molecule has 4 N–H and O–H groups in total. The highest BCUT2D eigenvalue weighted by atomic mass is 16.6. The van der Waals surface area contributed by atoms with E-state index in [9.17, 15) is 25.4 Å². The molecule has 0 aliphatic rings. The van der Waals surface area contributed by atoms with Gasteiger partial charge < -0.3 is 20.6 Å². The van der Waals surface area contributed by atoms with Crippen LogP contribution in [-0.2, 0) is 0 Å². The number of nitrogens with zero attached hydrogens (tertiary/aromatic N) is 1. The van der Waals surface area contributed by atoms with Gasteiger partial charge in [0.15, 0.2) is 0 Å². The molecule has 0 saturated heterocycles. The van der Waals surface area contributed by atoms with E-state index < -0.39 is 11.0 Å². The zero-order valence-corrected chi connectivity index (χ0v) is 11.1.